The number of carbonyl (C=O) groups excluding carboxylic acids is 1. The minimum absolute atomic E-state index is 0.230. The lowest BCUT2D eigenvalue weighted by molar-refractivity contribution is -0.936. The molecule has 0 spiro atoms. The SMILES string of the molecule is CCCCCCCCCCCC(=O)NCC[N+](CC)(CC)Cc1ccccc1. The first kappa shape index (κ1) is 24.7. The number of hydrogen-bond donors (Lipinski definition) is 1. The van der Waals surface area contributed by atoms with Crippen molar-refractivity contribution < 1.29 is 9.28 Å². The van der Waals surface area contributed by atoms with Crippen molar-refractivity contribution >= 4 is 5.91 Å². The van der Waals surface area contributed by atoms with Gasteiger partial charge in [0.15, 0.2) is 0 Å². The van der Waals surface area contributed by atoms with Crippen molar-refractivity contribution in [2.75, 3.05) is 26.2 Å². The van der Waals surface area contributed by atoms with Gasteiger partial charge in [0.2, 0.25) is 5.91 Å². The third-order valence-corrected chi connectivity index (χ3v) is 6.12. The highest BCUT2D eigenvalue weighted by atomic mass is 16.1. The van der Waals surface area contributed by atoms with Gasteiger partial charge in [-0.1, -0.05) is 88.6 Å². The Labute approximate surface area is 174 Å². The predicted molar refractivity (Wildman–Crippen MR) is 121 cm³/mol. The summed E-state index contributed by atoms with van der Waals surface area (Å²) in [5.74, 6) is 0.230. The minimum atomic E-state index is 0.230. The molecule has 0 saturated heterocycles. The fourth-order valence-corrected chi connectivity index (χ4v) is 3.93. The molecular weight excluding hydrogens is 344 g/mol. The molecular formula is C25H45N2O+. The van der Waals surface area contributed by atoms with Crippen LogP contribution in [0.1, 0.15) is 90.5 Å². The summed E-state index contributed by atoms with van der Waals surface area (Å²) in [4.78, 5) is 12.2. The van der Waals surface area contributed by atoms with Crippen LogP contribution in [0.4, 0.5) is 0 Å². The standard InChI is InChI=1S/C25H44N2O/c1-4-7-8-9-10-11-12-13-17-20-25(28)26-21-22-27(5-2,6-3)23-24-18-15-14-16-19-24/h14-16,18-19H,4-13,17,20-23H2,1-3H3/p+1. The molecule has 0 aliphatic heterocycles. The lowest BCUT2D eigenvalue weighted by Gasteiger charge is -2.37. The van der Waals surface area contributed by atoms with E-state index in [-0.39, 0.29) is 5.91 Å². The van der Waals surface area contributed by atoms with Crippen LogP contribution in [-0.2, 0) is 11.3 Å². The molecule has 1 amide bonds. The van der Waals surface area contributed by atoms with Gasteiger partial charge >= 0.3 is 0 Å². The van der Waals surface area contributed by atoms with Crippen molar-refractivity contribution in [2.24, 2.45) is 0 Å². The molecule has 0 aliphatic rings. The van der Waals surface area contributed by atoms with Crippen LogP contribution in [0.3, 0.4) is 0 Å². The zero-order valence-corrected chi connectivity index (χ0v) is 18.8. The number of benzene rings is 1. The molecule has 0 unspecified atom stereocenters. The summed E-state index contributed by atoms with van der Waals surface area (Å²) in [6, 6.07) is 10.7. The van der Waals surface area contributed by atoms with E-state index in [1.807, 2.05) is 0 Å². The molecule has 0 saturated carbocycles. The number of nitrogens with one attached hydrogen (secondary N) is 1. The lowest BCUT2D eigenvalue weighted by atomic mass is 10.1. The Bertz CT molecular complexity index is 497. The van der Waals surface area contributed by atoms with Crippen molar-refractivity contribution in [3.63, 3.8) is 0 Å². The van der Waals surface area contributed by atoms with Gasteiger partial charge in [-0.2, -0.15) is 0 Å². The quantitative estimate of drug-likeness (QED) is 0.254. The van der Waals surface area contributed by atoms with Crippen LogP contribution in [0.25, 0.3) is 0 Å². The summed E-state index contributed by atoms with van der Waals surface area (Å²) in [6.45, 7) is 11.8. The van der Waals surface area contributed by atoms with Crippen LogP contribution in [0.15, 0.2) is 30.3 Å². The van der Waals surface area contributed by atoms with Crippen molar-refractivity contribution in [3.8, 4) is 0 Å². The highest BCUT2D eigenvalue weighted by molar-refractivity contribution is 5.75. The van der Waals surface area contributed by atoms with Crippen LogP contribution < -0.4 is 5.32 Å². The second-order valence-electron chi connectivity index (χ2n) is 8.27. The van der Waals surface area contributed by atoms with Crippen LogP contribution in [0.2, 0.25) is 0 Å². The van der Waals surface area contributed by atoms with E-state index in [1.54, 1.807) is 0 Å². The van der Waals surface area contributed by atoms with E-state index >= 15 is 0 Å². The summed E-state index contributed by atoms with van der Waals surface area (Å²) in [7, 11) is 0. The van der Waals surface area contributed by atoms with E-state index in [1.165, 1.54) is 56.9 Å². The molecule has 28 heavy (non-hydrogen) atoms. The fourth-order valence-electron chi connectivity index (χ4n) is 3.93. The third kappa shape index (κ3) is 10.8. The normalized spacial score (nSPS) is 11.5. The molecule has 1 aromatic carbocycles. The van der Waals surface area contributed by atoms with Crippen molar-refractivity contribution in [2.45, 2.75) is 91.5 Å². The first-order valence-corrected chi connectivity index (χ1v) is 11.8. The minimum Gasteiger partial charge on any atom is -0.350 e. The van der Waals surface area contributed by atoms with Gasteiger partial charge in [-0.05, 0) is 20.3 Å². The van der Waals surface area contributed by atoms with Gasteiger partial charge in [-0.3, -0.25) is 4.79 Å². The van der Waals surface area contributed by atoms with Gasteiger partial charge in [0.1, 0.15) is 6.54 Å². The summed E-state index contributed by atoms with van der Waals surface area (Å²) in [6.07, 6.45) is 12.4. The topological polar surface area (TPSA) is 29.1 Å². The van der Waals surface area contributed by atoms with E-state index in [0.717, 1.165) is 43.6 Å². The maximum absolute atomic E-state index is 12.2. The number of hydrogen-bond acceptors (Lipinski definition) is 1. The number of amides is 1. The molecule has 0 aromatic heterocycles. The molecule has 0 radical (unpaired) electrons. The average molecular weight is 390 g/mol. The highest BCUT2D eigenvalue weighted by Gasteiger charge is 2.23. The monoisotopic (exact) mass is 389 g/mol. The number of unbranched alkanes of at least 4 members (excludes halogenated alkanes) is 8. The van der Waals surface area contributed by atoms with Gasteiger partial charge in [0.25, 0.3) is 0 Å². The molecule has 1 aromatic rings. The average Bonchev–Trinajstić information content (AvgIpc) is 2.72. The number of likely N-dealkylation sites (N-methyl/N-ethyl adjacent to an activating group) is 1. The molecule has 0 atom stereocenters. The Hall–Kier alpha value is -1.35. The lowest BCUT2D eigenvalue weighted by Crippen LogP contribution is -2.51. The second-order valence-corrected chi connectivity index (χ2v) is 8.27. The molecule has 0 heterocycles. The maximum atomic E-state index is 12.2. The Balaban J connectivity index is 2.16. The van der Waals surface area contributed by atoms with E-state index in [9.17, 15) is 4.79 Å². The smallest absolute Gasteiger partial charge is 0.220 e. The van der Waals surface area contributed by atoms with Crippen molar-refractivity contribution in [1.82, 2.24) is 5.32 Å². The zero-order chi connectivity index (χ0) is 20.5. The van der Waals surface area contributed by atoms with Gasteiger partial charge in [-0.25, -0.2) is 0 Å². The molecule has 0 fully saturated rings. The third-order valence-electron chi connectivity index (χ3n) is 6.12. The largest absolute Gasteiger partial charge is 0.350 e. The molecule has 160 valence electrons. The molecule has 1 rings (SSSR count). The Morgan fingerprint density at radius 1 is 0.821 bits per heavy atom. The molecule has 3 nitrogen and oxygen atoms in total. The summed E-state index contributed by atoms with van der Waals surface area (Å²) in [5.41, 5.74) is 1.38. The zero-order valence-electron chi connectivity index (χ0n) is 18.8. The van der Waals surface area contributed by atoms with Crippen LogP contribution in [-0.4, -0.2) is 36.6 Å². The Morgan fingerprint density at radius 3 is 1.96 bits per heavy atom. The molecule has 1 N–H and O–H groups in total. The van der Waals surface area contributed by atoms with E-state index in [2.05, 4.69) is 56.4 Å². The number of quaternary nitrogens is 1. The fraction of sp³-hybridized carbons (Fsp3) is 0.720. The Kier molecular flexibility index (Phi) is 13.7. The summed E-state index contributed by atoms with van der Waals surface area (Å²) in [5, 5.41) is 3.16. The first-order chi connectivity index (χ1) is 13.7. The predicted octanol–water partition coefficient (Wildman–Crippen LogP) is 6.08. The van der Waals surface area contributed by atoms with Crippen molar-refractivity contribution in [1.29, 1.82) is 0 Å². The van der Waals surface area contributed by atoms with E-state index in [4.69, 9.17) is 0 Å². The molecule has 0 aliphatic carbocycles. The number of rotatable bonds is 17. The second kappa shape index (κ2) is 15.6. The molecule has 3 heteroatoms. The van der Waals surface area contributed by atoms with Gasteiger partial charge in [0.05, 0.1) is 26.2 Å². The summed E-state index contributed by atoms with van der Waals surface area (Å²) >= 11 is 0. The number of nitrogens with zero attached hydrogens (tertiary/aromatic N) is 1. The number of carbonyl (C=O) groups is 1. The molecule has 0 bridgehead atoms. The van der Waals surface area contributed by atoms with Crippen molar-refractivity contribution in [3.05, 3.63) is 35.9 Å². The van der Waals surface area contributed by atoms with E-state index in [0.29, 0.717) is 6.42 Å². The van der Waals surface area contributed by atoms with Gasteiger partial charge < -0.3 is 9.80 Å². The van der Waals surface area contributed by atoms with E-state index < -0.39 is 0 Å². The summed E-state index contributed by atoms with van der Waals surface area (Å²) < 4.78 is 1.03. The Morgan fingerprint density at radius 2 is 1.39 bits per heavy atom. The van der Waals surface area contributed by atoms with Crippen LogP contribution >= 0.6 is 0 Å². The van der Waals surface area contributed by atoms with Crippen LogP contribution in [0, 0.1) is 0 Å². The van der Waals surface area contributed by atoms with Gasteiger partial charge in [-0.15, -0.1) is 0 Å². The maximum Gasteiger partial charge on any atom is 0.220 e. The van der Waals surface area contributed by atoms with Crippen LogP contribution in [0.5, 0.6) is 0 Å². The van der Waals surface area contributed by atoms with Gasteiger partial charge in [0, 0.05) is 12.0 Å². The highest BCUT2D eigenvalue weighted by Crippen LogP contribution is 2.14. The first-order valence-electron chi connectivity index (χ1n) is 11.8.